The second-order valence-electron chi connectivity index (χ2n) is 5.76. The van der Waals surface area contributed by atoms with Gasteiger partial charge in [-0.1, -0.05) is 53.4 Å². The first-order valence-corrected chi connectivity index (χ1v) is 7.26. The lowest BCUT2D eigenvalue weighted by Gasteiger charge is -2.34. The van der Waals surface area contributed by atoms with E-state index in [1.165, 1.54) is 12.8 Å². The molecule has 1 fully saturated rings. The Kier molecular flexibility index (Phi) is 6.01. The van der Waals surface area contributed by atoms with Gasteiger partial charge in [0, 0.05) is 0 Å². The molecule has 1 aliphatic heterocycles. The zero-order valence-electron chi connectivity index (χ0n) is 11.9. The van der Waals surface area contributed by atoms with Gasteiger partial charge in [-0.3, -0.25) is 4.79 Å². The molecule has 1 aliphatic rings. The van der Waals surface area contributed by atoms with Crippen molar-refractivity contribution in [1.29, 1.82) is 0 Å². The van der Waals surface area contributed by atoms with Crippen LogP contribution in [-0.2, 0) is 9.53 Å². The molecule has 1 heterocycles. The van der Waals surface area contributed by atoms with Gasteiger partial charge in [-0.05, 0) is 24.2 Å². The summed E-state index contributed by atoms with van der Waals surface area (Å²) < 4.78 is 5.40. The fourth-order valence-corrected chi connectivity index (χ4v) is 3.00. The highest BCUT2D eigenvalue weighted by Gasteiger charge is 2.35. The Hall–Kier alpha value is -0.530. The highest BCUT2D eigenvalue weighted by atomic mass is 16.5. The van der Waals surface area contributed by atoms with Gasteiger partial charge in [0.1, 0.15) is 0 Å². The minimum Gasteiger partial charge on any atom is -0.465 e. The topological polar surface area (TPSA) is 26.3 Å². The third-order valence-electron chi connectivity index (χ3n) is 4.28. The van der Waals surface area contributed by atoms with Crippen LogP contribution >= 0.6 is 0 Å². The van der Waals surface area contributed by atoms with Crippen LogP contribution in [0.15, 0.2) is 0 Å². The molecule has 100 valence electrons. The van der Waals surface area contributed by atoms with Crippen molar-refractivity contribution in [3.05, 3.63) is 0 Å². The minimum absolute atomic E-state index is 0.0471. The summed E-state index contributed by atoms with van der Waals surface area (Å²) in [5.74, 6) is 1.93. The van der Waals surface area contributed by atoms with E-state index in [-0.39, 0.29) is 11.9 Å². The molecule has 0 radical (unpaired) electrons. The first-order chi connectivity index (χ1) is 8.10. The number of hydrogen-bond acceptors (Lipinski definition) is 2. The van der Waals surface area contributed by atoms with Crippen molar-refractivity contribution in [2.24, 2.45) is 23.7 Å². The summed E-state index contributed by atoms with van der Waals surface area (Å²) in [5, 5.41) is 0. The fraction of sp³-hybridized carbons (Fsp3) is 0.933. The van der Waals surface area contributed by atoms with Crippen molar-refractivity contribution < 1.29 is 9.53 Å². The summed E-state index contributed by atoms with van der Waals surface area (Å²) in [7, 11) is 0. The molecular formula is C15H28O2. The standard InChI is InChI=1S/C15H28O2/c1-5-7-11(3)13-9-14(12(4)8-6-2)15(16)17-10-13/h11-14H,5-10H2,1-4H3. The molecule has 0 amide bonds. The van der Waals surface area contributed by atoms with Crippen LogP contribution in [0.3, 0.4) is 0 Å². The molecule has 0 aromatic heterocycles. The van der Waals surface area contributed by atoms with E-state index < -0.39 is 0 Å². The lowest BCUT2D eigenvalue weighted by atomic mass is 9.77. The van der Waals surface area contributed by atoms with E-state index >= 15 is 0 Å². The number of esters is 1. The Balaban J connectivity index is 2.55. The highest BCUT2D eigenvalue weighted by molar-refractivity contribution is 5.73. The Morgan fingerprint density at radius 2 is 1.76 bits per heavy atom. The van der Waals surface area contributed by atoms with Crippen LogP contribution in [0.1, 0.15) is 59.8 Å². The van der Waals surface area contributed by atoms with Crippen molar-refractivity contribution in [2.75, 3.05) is 6.61 Å². The monoisotopic (exact) mass is 240 g/mol. The number of rotatable bonds is 6. The molecular weight excluding hydrogens is 212 g/mol. The summed E-state index contributed by atoms with van der Waals surface area (Å²) in [5.41, 5.74) is 0. The second kappa shape index (κ2) is 7.03. The van der Waals surface area contributed by atoms with Crippen LogP contribution in [-0.4, -0.2) is 12.6 Å². The van der Waals surface area contributed by atoms with E-state index in [1.807, 2.05) is 0 Å². The van der Waals surface area contributed by atoms with Crippen LogP contribution in [0.2, 0.25) is 0 Å². The smallest absolute Gasteiger partial charge is 0.309 e. The molecule has 4 atom stereocenters. The largest absolute Gasteiger partial charge is 0.465 e. The second-order valence-corrected chi connectivity index (χ2v) is 5.76. The summed E-state index contributed by atoms with van der Waals surface area (Å²) in [6, 6.07) is 0. The van der Waals surface area contributed by atoms with Crippen molar-refractivity contribution in [3.8, 4) is 0 Å². The average Bonchev–Trinajstić information content (AvgIpc) is 2.30. The summed E-state index contributed by atoms with van der Waals surface area (Å²) in [6.45, 7) is 9.55. The van der Waals surface area contributed by atoms with E-state index in [0.717, 1.165) is 19.3 Å². The summed E-state index contributed by atoms with van der Waals surface area (Å²) in [4.78, 5) is 11.8. The maximum atomic E-state index is 11.8. The Labute approximate surface area is 106 Å². The van der Waals surface area contributed by atoms with Crippen molar-refractivity contribution in [2.45, 2.75) is 59.8 Å². The molecule has 2 heteroatoms. The third kappa shape index (κ3) is 4.01. The molecule has 0 aromatic rings. The quantitative estimate of drug-likeness (QED) is 0.655. The molecule has 0 aliphatic carbocycles. The van der Waals surface area contributed by atoms with Crippen LogP contribution < -0.4 is 0 Å². The molecule has 1 rings (SSSR count). The number of cyclic esters (lactones) is 1. The molecule has 1 saturated heterocycles. The minimum atomic E-state index is 0.0471. The van der Waals surface area contributed by atoms with Gasteiger partial charge in [0.25, 0.3) is 0 Å². The van der Waals surface area contributed by atoms with Crippen molar-refractivity contribution in [1.82, 2.24) is 0 Å². The molecule has 0 bridgehead atoms. The zero-order valence-corrected chi connectivity index (χ0v) is 11.9. The normalized spacial score (nSPS) is 28.6. The maximum absolute atomic E-state index is 11.8. The Morgan fingerprint density at radius 3 is 2.35 bits per heavy atom. The summed E-state index contributed by atoms with van der Waals surface area (Å²) in [6.07, 6.45) is 5.80. The number of carbonyl (C=O) groups excluding carboxylic acids is 1. The predicted molar refractivity (Wildman–Crippen MR) is 70.7 cm³/mol. The van der Waals surface area contributed by atoms with Gasteiger partial charge in [-0.15, -0.1) is 0 Å². The Bertz CT molecular complexity index is 237. The van der Waals surface area contributed by atoms with E-state index in [9.17, 15) is 4.79 Å². The molecule has 4 unspecified atom stereocenters. The predicted octanol–water partition coefficient (Wildman–Crippen LogP) is 4.04. The van der Waals surface area contributed by atoms with E-state index in [0.29, 0.717) is 24.4 Å². The molecule has 2 nitrogen and oxygen atoms in total. The van der Waals surface area contributed by atoms with E-state index in [4.69, 9.17) is 4.74 Å². The SMILES string of the molecule is CCCC(C)C1COC(=O)C(C(C)CCC)C1. The van der Waals surface area contributed by atoms with Gasteiger partial charge >= 0.3 is 5.97 Å². The summed E-state index contributed by atoms with van der Waals surface area (Å²) >= 11 is 0. The third-order valence-corrected chi connectivity index (χ3v) is 4.28. The van der Waals surface area contributed by atoms with Crippen molar-refractivity contribution in [3.63, 3.8) is 0 Å². The van der Waals surface area contributed by atoms with Gasteiger partial charge in [-0.2, -0.15) is 0 Å². The first-order valence-electron chi connectivity index (χ1n) is 7.26. The lowest BCUT2D eigenvalue weighted by Crippen LogP contribution is -2.36. The average molecular weight is 240 g/mol. The van der Waals surface area contributed by atoms with Crippen LogP contribution in [0.5, 0.6) is 0 Å². The van der Waals surface area contributed by atoms with Crippen LogP contribution in [0.4, 0.5) is 0 Å². The van der Waals surface area contributed by atoms with E-state index in [2.05, 4.69) is 27.7 Å². The molecule has 0 aromatic carbocycles. The zero-order chi connectivity index (χ0) is 12.8. The van der Waals surface area contributed by atoms with Gasteiger partial charge in [0.2, 0.25) is 0 Å². The number of carbonyl (C=O) groups is 1. The number of ether oxygens (including phenoxy) is 1. The van der Waals surface area contributed by atoms with Gasteiger partial charge < -0.3 is 4.74 Å². The molecule has 0 spiro atoms. The van der Waals surface area contributed by atoms with Crippen LogP contribution in [0.25, 0.3) is 0 Å². The number of hydrogen-bond donors (Lipinski definition) is 0. The van der Waals surface area contributed by atoms with Gasteiger partial charge in [0.15, 0.2) is 0 Å². The maximum Gasteiger partial charge on any atom is 0.309 e. The molecule has 0 saturated carbocycles. The highest BCUT2D eigenvalue weighted by Crippen LogP contribution is 2.34. The van der Waals surface area contributed by atoms with Crippen molar-refractivity contribution >= 4 is 5.97 Å². The lowest BCUT2D eigenvalue weighted by molar-refractivity contribution is -0.160. The molecule has 17 heavy (non-hydrogen) atoms. The van der Waals surface area contributed by atoms with E-state index in [1.54, 1.807) is 0 Å². The van der Waals surface area contributed by atoms with Gasteiger partial charge in [0.05, 0.1) is 12.5 Å². The van der Waals surface area contributed by atoms with Gasteiger partial charge in [-0.25, -0.2) is 0 Å². The molecule has 0 N–H and O–H groups in total. The van der Waals surface area contributed by atoms with Crippen LogP contribution in [0, 0.1) is 23.7 Å². The Morgan fingerprint density at radius 1 is 1.18 bits per heavy atom. The first kappa shape index (κ1) is 14.5. The fourth-order valence-electron chi connectivity index (χ4n) is 3.00.